The lowest BCUT2D eigenvalue weighted by Crippen LogP contribution is -2.44. The summed E-state index contributed by atoms with van der Waals surface area (Å²) in [6.45, 7) is 0.256. The zero-order valence-corrected chi connectivity index (χ0v) is 9.52. The topological polar surface area (TPSA) is 55.4 Å². The molecule has 1 saturated heterocycles. The van der Waals surface area contributed by atoms with Gasteiger partial charge in [0.15, 0.2) is 0 Å². The Balaban J connectivity index is 1.83. The van der Waals surface area contributed by atoms with E-state index < -0.39 is 6.04 Å². The molecule has 1 aliphatic rings. The predicted octanol–water partition coefficient (Wildman–Crippen LogP) is 1.40. The van der Waals surface area contributed by atoms with Crippen LogP contribution in [0.25, 0.3) is 0 Å². The zero-order valence-electron chi connectivity index (χ0n) is 9.52. The number of amides is 1. The number of hydrogen-bond donors (Lipinski definition) is 1. The van der Waals surface area contributed by atoms with Gasteiger partial charge in [0.2, 0.25) is 5.91 Å². The Bertz CT molecular complexity index is 402. The van der Waals surface area contributed by atoms with Gasteiger partial charge >= 0.3 is 5.97 Å². The number of piperidine rings is 1. The van der Waals surface area contributed by atoms with Crippen molar-refractivity contribution in [1.82, 2.24) is 5.32 Å². The summed E-state index contributed by atoms with van der Waals surface area (Å²) < 4.78 is 5.16. The Morgan fingerprint density at radius 2 is 2.12 bits per heavy atom. The molecule has 1 fully saturated rings. The molecule has 0 aromatic heterocycles. The molecule has 4 heteroatoms. The van der Waals surface area contributed by atoms with Crippen molar-refractivity contribution in [2.45, 2.75) is 31.9 Å². The van der Waals surface area contributed by atoms with Gasteiger partial charge in [-0.1, -0.05) is 30.3 Å². The SMILES string of the molecule is O=C1CCCC(C(=O)OCc2ccccc2)N1. The van der Waals surface area contributed by atoms with Crippen LogP contribution in [0.3, 0.4) is 0 Å². The van der Waals surface area contributed by atoms with Crippen LogP contribution in [0.4, 0.5) is 0 Å². The molecule has 1 N–H and O–H groups in total. The van der Waals surface area contributed by atoms with Crippen molar-refractivity contribution in [3.05, 3.63) is 35.9 Å². The first-order valence-electron chi connectivity index (χ1n) is 5.75. The summed E-state index contributed by atoms with van der Waals surface area (Å²) in [4.78, 5) is 22.8. The number of ether oxygens (including phenoxy) is 1. The lowest BCUT2D eigenvalue weighted by atomic mass is 10.0. The molecular weight excluding hydrogens is 218 g/mol. The molecule has 2 rings (SSSR count). The predicted molar refractivity (Wildman–Crippen MR) is 62.0 cm³/mol. The molecular formula is C13H15NO3. The fourth-order valence-corrected chi connectivity index (χ4v) is 1.81. The summed E-state index contributed by atoms with van der Waals surface area (Å²) in [7, 11) is 0. The van der Waals surface area contributed by atoms with Gasteiger partial charge in [0, 0.05) is 6.42 Å². The molecule has 1 unspecified atom stereocenters. The van der Waals surface area contributed by atoms with Gasteiger partial charge in [-0.3, -0.25) is 4.79 Å². The van der Waals surface area contributed by atoms with Crippen LogP contribution in [0, 0.1) is 0 Å². The molecule has 0 saturated carbocycles. The second kappa shape index (κ2) is 5.48. The number of nitrogens with one attached hydrogen (secondary N) is 1. The number of esters is 1. The number of rotatable bonds is 3. The summed E-state index contributed by atoms with van der Waals surface area (Å²) in [5.74, 6) is -0.417. The van der Waals surface area contributed by atoms with Gasteiger partial charge in [0.1, 0.15) is 12.6 Å². The van der Waals surface area contributed by atoms with Crippen molar-refractivity contribution in [1.29, 1.82) is 0 Å². The van der Waals surface area contributed by atoms with E-state index in [0.717, 1.165) is 12.0 Å². The summed E-state index contributed by atoms with van der Waals surface area (Å²) in [5, 5.41) is 2.64. The van der Waals surface area contributed by atoms with Crippen LogP contribution in [-0.2, 0) is 20.9 Å². The summed E-state index contributed by atoms with van der Waals surface area (Å²) in [6.07, 6.45) is 1.92. The Hall–Kier alpha value is -1.84. The van der Waals surface area contributed by atoms with Crippen LogP contribution < -0.4 is 5.32 Å². The third-order valence-electron chi connectivity index (χ3n) is 2.74. The second-order valence-electron chi connectivity index (χ2n) is 4.11. The molecule has 0 radical (unpaired) electrons. The molecule has 90 valence electrons. The quantitative estimate of drug-likeness (QED) is 0.803. The van der Waals surface area contributed by atoms with Crippen molar-refractivity contribution >= 4 is 11.9 Å². The first-order valence-corrected chi connectivity index (χ1v) is 5.75. The number of carbonyl (C=O) groups excluding carboxylic acids is 2. The molecule has 4 nitrogen and oxygen atoms in total. The maximum atomic E-state index is 11.7. The van der Waals surface area contributed by atoms with Crippen molar-refractivity contribution in [3.8, 4) is 0 Å². The summed E-state index contributed by atoms with van der Waals surface area (Å²) >= 11 is 0. The molecule has 1 aliphatic heterocycles. The van der Waals surface area contributed by atoms with E-state index in [1.165, 1.54) is 0 Å². The highest BCUT2D eigenvalue weighted by molar-refractivity contribution is 5.85. The molecule has 17 heavy (non-hydrogen) atoms. The number of benzene rings is 1. The van der Waals surface area contributed by atoms with Crippen LogP contribution in [0.5, 0.6) is 0 Å². The monoisotopic (exact) mass is 233 g/mol. The molecule has 1 heterocycles. The van der Waals surface area contributed by atoms with E-state index in [-0.39, 0.29) is 18.5 Å². The third-order valence-corrected chi connectivity index (χ3v) is 2.74. The van der Waals surface area contributed by atoms with Gasteiger partial charge < -0.3 is 10.1 Å². The highest BCUT2D eigenvalue weighted by atomic mass is 16.5. The van der Waals surface area contributed by atoms with Gasteiger partial charge in [-0.15, -0.1) is 0 Å². The number of hydrogen-bond acceptors (Lipinski definition) is 3. The second-order valence-corrected chi connectivity index (χ2v) is 4.11. The lowest BCUT2D eigenvalue weighted by Gasteiger charge is -2.21. The Morgan fingerprint density at radius 1 is 1.35 bits per heavy atom. The fraction of sp³-hybridized carbons (Fsp3) is 0.385. The number of carbonyl (C=O) groups is 2. The smallest absolute Gasteiger partial charge is 0.328 e. The van der Waals surface area contributed by atoms with Crippen molar-refractivity contribution in [2.75, 3.05) is 0 Å². The fourth-order valence-electron chi connectivity index (χ4n) is 1.81. The minimum Gasteiger partial charge on any atom is -0.459 e. The van der Waals surface area contributed by atoms with Crippen LogP contribution in [0.1, 0.15) is 24.8 Å². The van der Waals surface area contributed by atoms with Gasteiger partial charge in [0.05, 0.1) is 0 Å². The van der Waals surface area contributed by atoms with E-state index >= 15 is 0 Å². The average Bonchev–Trinajstić information content (AvgIpc) is 2.37. The van der Waals surface area contributed by atoms with E-state index in [2.05, 4.69) is 5.32 Å². The van der Waals surface area contributed by atoms with Gasteiger partial charge in [-0.2, -0.15) is 0 Å². The van der Waals surface area contributed by atoms with E-state index in [1.807, 2.05) is 30.3 Å². The van der Waals surface area contributed by atoms with Crippen LogP contribution in [-0.4, -0.2) is 17.9 Å². The summed E-state index contributed by atoms with van der Waals surface area (Å²) in [6, 6.07) is 9.02. The Morgan fingerprint density at radius 3 is 2.82 bits per heavy atom. The first-order chi connectivity index (χ1) is 8.25. The standard InChI is InChI=1S/C13H15NO3/c15-12-8-4-7-11(14-12)13(16)17-9-10-5-2-1-3-6-10/h1-3,5-6,11H,4,7-9H2,(H,14,15). The highest BCUT2D eigenvalue weighted by Gasteiger charge is 2.25. The van der Waals surface area contributed by atoms with Gasteiger partial charge in [-0.25, -0.2) is 4.79 Å². The lowest BCUT2D eigenvalue weighted by molar-refractivity contribution is -0.150. The Kier molecular flexibility index (Phi) is 3.75. The molecule has 1 aromatic carbocycles. The van der Waals surface area contributed by atoms with Gasteiger partial charge in [-0.05, 0) is 18.4 Å². The maximum Gasteiger partial charge on any atom is 0.328 e. The zero-order chi connectivity index (χ0) is 12.1. The van der Waals surface area contributed by atoms with Crippen LogP contribution in [0.2, 0.25) is 0 Å². The highest BCUT2D eigenvalue weighted by Crippen LogP contribution is 2.10. The molecule has 1 aromatic rings. The molecule has 0 spiro atoms. The maximum absolute atomic E-state index is 11.7. The largest absolute Gasteiger partial charge is 0.459 e. The normalized spacial score (nSPS) is 19.5. The molecule has 1 amide bonds. The molecule has 1 atom stereocenters. The van der Waals surface area contributed by atoms with Crippen molar-refractivity contribution < 1.29 is 14.3 Å². The van der Waals surface area contributed by atoms with Gasteiger partial charge in [0.25, 0.3) is 0 Å². The van der Waals surface area contributed by atoms with Crippen LogP contribution in [0.15, 0.2) is 30.3 Å². The molecule has 0 bridgehead atoms. The first kappa shape index (κ1) is 11.6. The van der Waals surface area contributed by atoms with Crippen molar-refractivity contribution in [3.63, 3.8) is 0 Å². The molecule has 0 aliphatic carbocycles. The van der Waals surface area contributed by atoms with E-state index in [0.29, 0.717) is 12.8 Å². The third kappa shape index (κ3) is 3.31. The van der Waals surface area contributed by atoms with E-state index in [9.17, 15) is 9.59 Å². The minimum atomic E-state index is -0.472. The summed E-state index contributed by atoms with van der Waals surface area (Å²) in [5.41, 5.74) is 0.947. The minimum absolute atomic E-state index is 0.0714. The van der Waals surface area contributed by atoms with Crippen LogP contribution >= 0.6 is 0 Å². The van der Waals surface area contributed by atoms with E-state index in [4.69, 9.17) is 4.74 Å². The van der Waals surface area contributed by atoms with E-state index in [1.54, 1.807) is 0 Å². The Labute approximate surface area is 100.0 Å². The van der Waals surface area contributed by atoms with Crippen molar-refractivity contribution in [2.24, 2.45) is 0 Å². The average molecular weight is 233 g/mol.